The van der Waals surface area contributed by atoms with Crippen molar-refractivity contribution in [1.82, 2.24) is 15.0 Å². The second-order valence-corrected chi connectivity index (χ2v) is 10.5. The number of halogens is 3. The zero-order chi connectivity index (χ0) is 24.6. The van der Waals surface area contributed by atoms with E-state index in [-0.39, 0.29) is 47.1 Å². The van der Waals surface area contributed by atoms with Gasteiger partial charge in [-0.05, 0) is 26.7 Å². The van der Waals surface area contributed by atoms with Crippen LogP contribution >= 0.6 is 0 Å². The molecule has 1 fully saturated rings. The molecule has 0 saturated carbocycles. The molecule has 0 amide bonds. The number of H-pyrrole nitrogens is 1. The summed E-state index contributed by atoms with van der Waals surface area (Å²) in [6.45, 7) is 3.21. The Balaban J connectivity index is 1.67. The van der Waals surface area contributed by atoms with Crippen molar-refractivity contribution in [2.24, 2.45) is 0 Å². The molecule has 2 N–H and O–H groups in total. The van der Waals surface area contributed by atoms with Crippen molar-refractivity contribution >= 4 is 26.7 Å². The SMILES string of the molecule is Cc1nc(NC(C)c2cccc(C(F)F)c2F)c2cc(OC3CCS(=O)(=O)CC3)c(=O)[nH]c2n1. The molecular weight excluding hydrogens is 473 g/mol. The standard InChI is InChI=1S/C22H23F3N4O4S/c1-11(14-4-3-5-15(18(14)23)19(24)25)26-20-16-10-17(22(30)29-21(16)28-12(2)27-20)33-13-6-8-34(31,32)9-7-13/h3-5,10-11,13,19H,6-9H2,1-2H3,(H2,26,27,28,29,30). The number of rotatable bonds is 6. The summed E-state index contributed by atoms with van der Waals surface area (Å²) in [5.41, 5.74) is -0.975. The van der Waals surface area contributed by atoms with Gasteiger partial charge < -0.3 is 15.0 Å². The number of hydrogen-bond donors (Lipinski definition) is 2. The van der Waals surface area contributed by atoms with E-state index in [0.29, 0.717) is 11.2 Å². The maximum atomic E-state index is 14.6. The van der Waals surface area contributed by atoms with E-state index in [1.165, 1.54) is 18.2 Å². The summed E-state index contributed by atoms with van der Waals surface area (Å²) in [6, 6.07) is 4.50. The number of aromatic nitrogens is 3. The number of benzene rings is 1. The maximum absolute atomic E-state index is 14.6. The number of aromatic amines is 1. The van der Waals surface area contributed by atoms with Gasteiger partial charge in [-0.15, -0.1) is 0 Å². The van der Waals surface area contributed by atoms with Crippen molar-refractivity contribution in [1.29, 1.82) is 0 Å². The molecule has 0 aliphatic carbocycles. The van der Waals surface area contributed by atoms with E-state index in [1.807, 2.05) is 0 Å². The van der Waals surface area contributed by atoms with E-state index in [4.69, 9.17) is 4.74 Å². The molecule has 0 spiro atoms. The fourth-order valence-electron chi connectivity index (χ4n) is 3.90. The first-order valence-electron chi connectivity index (χ1n) is 10.7. The zero-order valence-electron chi connectivity index (χ0n) is 18.4. The fraction of sp³-hybridized carbons (Fsp3) is 0.409. The lowest BCUT2D eigenvalue weighted by atomic mass is 10.0. The van der Waals surface area contributed by atoms with Crippen LogP contribution in [0.1, 0.15) is 49.2 Å². The minimum absolute atomic E-state index is 0.0149. The normalized spacial score (nSPS) is 17.1. The van der Waals surface area contributed by atoms with Gasteiger partial charge in [0.2, 0.25) is 0 Å². The lowest BCUT2D eigenvalue weighted by Gasteiger charge is -2.23. The van der Waals surface area contributed by atoms with Crippen LogP contribution in [0.4, 0.5) is 19.0 Å². The largest absolute Gasteiger partial charge is 0.485 e. The molecule has 3 aromatic rings. The Morgan fingerprint density at radius 2 is 1.85 bits per heavy atom. The van der Waals surface area contributed by atoms with E-state index in [1.54, 1.807) is 13.8 Å². The molecule has 1 atom stereocenters. The quantitative estimate of drug-likeness (QED) is 0.533. The molecule has 8 nitrogen and oxygen atoms in total. The van der Waals surface area contributed by atoms with Crippen LogP contribution in [0.5, 0.6) is 5.75 Å². The molecule has 182 valence electrons. The predicted molar refractivity (Wildman–Crippen MR) is 121 cm³/mol. The van der Waals surface area contributed by atoms with Crippen molar-refractivity contribution in [2.75, 3.05) is 16.8 Å². The van der Waals surface area contributed by atoms with Gasteiger partial charge in [-0.1, -0.05) is 18.2 Å². The molecule has 0 radical (unpaired) electrons. The molecule has 1 aromatic carbocycles. The van der Waals surface area contributed by atoms with Crippen LogP contribution < -0.4 is 15.6 Å². The first-order valence-corrected chi connectivity index (χ1v) is 12.5. The summed E-state index contributed by atoms with van der Waals surface area (Å²) in [4.78, 5) is 23.7. The van der Waals surface area contributed by atoms with Crippen molar-refractivity contribution in [3.8, 4) is 5.75 Å². The Morgan fingerprint density at radius 1 is 1.18 bits per heavy atom. The Morgan fingerprint density at radius 3 is 2.53 bits per heavy atom. The van der Waals surface area contributed by atoms with Crippen molar-refractivity contribution in [3.05, 3.63) is 57.4 Å². The van der Waals surface area contributed by atoms with Crippen molar-refractivity contribution < 1.29 is 26.3 Å². The molecular formula is C22H23F3N4O4S. The summed E-state index contributed by atoms with van der Waals surface area (Å²) in [5, 5.41) is 3.39. The zero-order valence-corrected chi connectivity index (χ0v) is 19.3. The molecule has 2 aromatic heterocycles. The molecule has 12 heteroatoms. The first kappa shape index (κ1) is 24.0. The molecule has 3 heterocycles. The Kier molecular flexibility index (Phi) is 6.52. The molecule has 1 unspecified atom stereocenters. The van der Waals surface area contributed by atoms with E-state index in [0.717, 1.165) is 6.07 Å². The number of nitrogens with zero attached hydrogens (tertiary/aromatic N) is 2. The highest BCUT2D eigenvalue weighted by Gasteiger charge is 2.26. The van der Waals surface area contributed by atoms with Gasteiger partial charge in [-0.3, -0.25) is 4.79 Å². The molecule has 1 aliphatic heterocycles. The van der Waals surface area contributed by atoms with Gasteiger partial charge in [0.25, 0.3) is 12.0 Å². The second kappa shape index (κ2) is 9.24. The Hall–Kier alpha value is -3.15. The summed E-state index contributed by atoms with van der Waals surface area (Å²) in [5.74, 6) is -0.476. The minimum atomic E-state index is -3.09. The number of aryl methyl sites for hydroxylation is 1. The average molecular weight is 497 g/mol. The van der Waals surface area contributed by atoms with Crippen LogP contribution in [0.25, 0.3) is 11.0 Å². The minimum Gasteiger partial charge on any atom is -0.485 e. The second-order valence-electron chi connectivity index (χ2n) is 8.23. The third kappa shape index (κ3) is 5.01. The number of fused-ring (bicyclic) bond motifs is 1. The van der Waals surface area contributed by atoms with E-state index >= 15 is 0 Å². The predicted octanol–water partition coefficient (Wildman–Crippen LogP) is 3.83. The number of sulfone groups is 1. The third-order valence-corrected chi connectivity index (χ3v) is 7.41. The van der Waals surface area contributed by atoms with Gasteiger partial charge >= 0.3 is 0 Å². The lowest BCUT2D eigenvalue weighted by Crippen LogP contribution is -2.32. The van der Waals surface area contributed by atoms with Gasteiger partial charge in [0, 0.05) is 11.6 Å². The van der Waals surface area contributed by atoms with Crippen molar-refractivity contribution in [2.45, 2.75) is 45.3 Å². The summed E-state index contributed by atoms with van der Waals surface area (Å²) in [7, 11) is -3.09. The highest BCUT2D eigenvalue weighted by Crippen LogP contribution is 2.30. The number of ether oxygens (including phenoxy) is 1. The number of anilines is 1. The Labute approximate surface area is 193 Å². The van der Waals surface area contributed by atoms with Crippen LogP contribution in [0.3, 0.4) is 0 Å². The van der Waals surface area contributed by atoms with E-state index < -0.39 is 45.3 Å². The highest BCUT2D eigenvalue weighted by molar-refractivity contribution is 7.91. The van der Waals surface area contributed by atoms with Crippen LogP contribution in [0.2, 0.25) is 0 Å². The summed E-state index contributed by atoms with van der Waals surface area (Å²) in [6.07, 6.45) is -2.85. The van der Waals surface area contributed by atoms with Crippen LogP contribution in [-0.2, 0) is 9.84 Å². The maximum Gasteiger partial charge on any atom is 0.291 e. The van der Waals surface area contributed by atoms with E-state index in [2.05, 4.69) is 20.3 Å². The molecule has 34 heavy (non-hydrogen) atoms. The van der Waals surface area contributed by atoms with Crippen LogP contribution in [0.15, 0.2) is 29.1 Å². The molecule has 4 rings (SSSR count). The van der Waals surface area contributed by atoms with Gasteiger partial charge in [-0.2, -0.15) is 0 Å². The fourth-order valence-corrected chi connectivity index (χ4v) is 5.34. The highest BCUT2D eigenvalue weighted by atomic mass is 32.2. The first-order chi connectivity index (χ1) is 16.0. The number of alkyl halides is 2. The van der Waals surface area contributed by atoms with Gasteiger partial charge in [0.05, 0.1) is 28.5 Å². The van der Waals surface area contributed by atoms with Gasteiger partial charge in [0.15, 0.2) is 15.6 Å². The lowest BCUT2D eigenvalue weighted by molar-refractivity contribution is 0.146. The van der Waals surface area contributed by atoms with Gasteiger partial charge in [-0.25, -0.2) is 31.6 Å². The van der Waals surface area contributed by atoms with E-state index in [9.17, 15) is 26.4 Å². The van der Waals surface area contributed by atoms with Crippen molar-refractivity contribution in [3.63, 3.8) is 0 Å². The molecule has 1 aliphatic rings. The number of hydrogen-bond acceptors (Lipinski definition) is 7. The number of nitrogens with one attached hydrogen (secondary N) is 2. The van der Waals surface area contributed by atoms with Crippen LogP contribution in [-0.4, -0.2) is 41.0 Å². The third-order valence-electron chi connectivity index (χ3n) is 5.70. The smallest absolute Gasteiger partial charge is 0.291 e. The topological polar surface area (TPSA) is 114 Å². The summed E-state index contributed by atoms with van der Waals surface area (Å²) >= 11 is 0. The molecule has 0 bridgehead atoms. The summed E-state index contributed by atoms with van der Waals surface area (Å²) < 4.78 is 70.0. The monoisotopic (exact) mass is 496 g/mol. The average Bonchev–Trinajstić information content (AvgIpc) is 2.75. The number of pyridine rings is 1. The molecule has 1 saturated heterocycles. The van der Waals surface area contributed by atoms with Gasteiger partial charge in [0.1, 0.15) is 29.2 Å². The van der Waals surface area contributed by atoms with Crippen LogP contribution in [0, 0.1) is 12.7 Å². The Bertz CT molecular complexity index is 1380.